The van der Waals surface area contributed by atoms with Gasteiger partial charge in [0, 0.05) is 51.9 Å². The minimum Gasteiger partial charge on any atom is -0.339 e. The van der Waals surface area contributed by atoms with Crippen molar-refractivity contribution in [2.45, 2.75) is 45.4 Å². The Bertz CT molecular complexity index is 518. The lowest BCUT2D eigenvalue weighted by Gasteiger charge is -2.32. The third kappa shape index (κ3) is 8.39. The van der Waals surface area contributed by atoms with Gasteiger partial charge in [0.25, 0.3) is 0 Å². The molecule has 1 saturated heterocycles. The molecule has 3 amide bonds. The van der Waals surface area contributed by atoms with E-state index in [0.29, 0.717) is 37.8 Å². The number of carbonyl (C=O) groups excluding carboxylic acids is 3. The van der Waals surface area contributed by atoms with Crippen molar-refractivity contribution in [2.24, 2.45) is 5.92 Å². The van der Waals surface area contributed by atoms with Crippen LogP contribution in [0.2, 0.25) is 0 Å². The maximum Gasteiger partial charge on any atom is 0.317 e. The first-order valence-corrected chi connectivity index (χ1v) is 11.6. The molecule has 0 spiro atoms. The molecule has 0 bridgehead atoms. The van der Waals surface area contributed by atoms with Crippen LogP contribution in [0.4, 0.5) is 4.79 Å². The lowest BCUT2D eigenvalue weighted by atomic mass is 9.87. The number of hydrogen-bond acceptors (Lipinski definition) is 5. The Morgan fingerprint density at radius 2 is 1.71 bits per heavy atom. The molecule has 0 aromatic carbocycles. The minimum atomic E-state index is -0.192. The highest BCUT2D eigenvalue weighted by molar-refractivity contribution is 8.13. The molecular weight excluding hydrogens is 376 g/mol. The molecule has 1 aliphatic heterocycles. The molecule has 0 aromatic rings. The number of thioether (sulfide) groups is 1. The number of nitrogens with one attached hydrogen (secondary N) is 1. The smallest absolute Gasteiger partial charge is 0.317 e. The molecule has 1 N–H and O–H groups in total. The van der Waals surface area contributed by atoms with E-state index < -0.39 is 0 Å². The Kier molecular flexibility index (Phi) is 10.1. The standard InChI is InChI=1S/C20H36N4O3S/c1-17(25)28-15-14-24(9-8-18-6-4-3-5-7-18)20(27)21-16-19(26)23-12-10-22(2)11-13-23/h18H,3-16H2,1-2H3,(H,21,27). The first-order valence-electron chi connectivity index (χ1n) is 10.6. The summed E-state index contributed by atoms with van der Waals surface area (Å²) in [6, 6.07) is -0.192. The first kappa shape index (κ1) is 23.0. The Morgan fingerprint density at radius 1 is 1.04 bits per heavy atom. The summed E-state index contributed by atoms with van der Waals surface area (Å²) in [5.41, 5.74) is 0. The van der Waals surface area contributed by atoms with Crippen molar-refractivity contribution < 1.29 is 14.4 Å². The van der Waals surface area contributed by atoms with Crippen LogP contribution in [-0.2, 0) is 9.59 Å². The van der Waals surface area contributed by atoms with E-state index in [1.165, 1.54) is 43.9 Å². The highest BCUT2D eigenvalue weighted by atomic mass is 32.2. The van der Waals surface area contributed by atoms with Gasteiger partial charge in [-0.15, -0.1) is 0 Å². The first-order chi connectivity index (χ1) is 13.5. The number of hydrogen-bond donors (Lipinski definition) is 1. The van der Waals surface area contributed by atoms with Gasteiger partial charge in [0.1, 0.15) is 0 Å². The molecule has 0 radical (unpaired) electrons. The van der Waals surface area contributed by atoms with E-state index in [2.05, 4.69) is 10.2 Å². The molecular formula is C20H36N4O3S. The predicted molar refractivity (Wildman–Crippen MR) is 113 cm³/mol. The van der Waals surface area contributed by atoms with Crippen LogP contribution in [0.15, 0.2) is 0 Å². The normalized spacial score (nSPS) is 18.7. The fourth-order valence-corrected chi connectivity index (χ4v) is 4.46. The van der Waals surface area contributed by atoms with Gasteiger partial charge < -0.3 is 20.0 Å². The van der Waals surface area contributed by atoms with Gasteiger partial charge in [0.2, 0.25) is 5.91 Å². The summed E-state index contributed by atoms with van der Waals surface area (Å²) in [6.45, 7) is 5.99. The van der Waals surface area contributed by atoms with E-state index in [1.807, 2.05) is 11.9 Å². The predicted octanol–water partition coefficient (Wildman–Crippen LogP) is 2.02. The molecule has 28 heavy (non-hydrogen) atoms. The Labute approximate surface area is 173 Å². The van der Waals surface area contributed by atoms with E-state index in [9.17, 15) is 14.4 Å². The summed E-state index contributed by atoms with van der Waals surface area (Å²) < 4.78 is 0. The van der Waals surface area contributed by atoms with E-state index in [0.717, 1.165) is 19.5 Å². The average molecular weight is 413 g/mol. The van der Waals surface area contributed by atoms with Gasteiger partial charge in [-0.2, -0.15) is 0 Å². The summed E-state index contributed by atoms with van der Waals surface area (Å²) in [6.07, 6.45) is 7.40. The molecule has 2 fully saturated rings. The van der Waals surface area contributed by atoms with Gasteiger partial charge in [0.05, 0.1) is 6.54 Å². The largest absolute Gasteiger partial charge is 0.339 e. The number of nitrogens with zero attached hydrogens (tertiary/aromatic N) is 3. The number of urea groups is 1. The third-order valence-corrected chi connectivity index (χ3v) is 6.53. The van der Waals surface area contributed by atoms with Crippen LogP contribution in [0.1, 0.15) is 45.4 Å². The van der Waals surface area contributed by atoms with Crippen molar-refractivity contribution in [1.82, 2.24) is 20.0 Å². The molecule has 1 saturated carbocycles. The van der Waals surface area contributed by atoms with Crippen LogP contribution in [0.25, 0.3) is 0 Å². The van der Waals surface area contributed by atoms with Gasteiger partial charge in [-0.25, -0.2) is 4.79 Å². The van der Waals surface area contributed by atoms with Gasteiger partial charge in [0.15, 0.2) is 5.12 Å². The molecule has 1 aliphatic carbocycles. The highest BCUT2D eigenvalue weighted by Crippen LogP contribution is 2.26. The molecule has 1 heterocycles. The zero-order valence-electron chi connectivity index (χ0n) is 17.5. The Balaban J connectivity index is 1.78. The second-order valence-electron chi connectivity index (χ2n) is 7.96. The average Bonchev–Trinajstić information content (AvgIpc) is 2.69. The molecule has 7 nitrogen and oxygen atoms in total. The van der Waals surface area contributed by atoms with E-state index in [-0.39, 0.29) is 23.6 Å². The Morgan fingerprint density at radius 3 is 2.36 bits per heavy atom. The van der Waals surface area contributed by atoms with Crippen LogP contribution in [0.5, 0.6) is 0 Å². The zero-order chi connectivity index (χ0) is 20.4. The van der Waals surface area contributed by atoms with Crippen LogP contribution >= 0.6 is 11.8 Å². The van der Waals surface area contributed by atoms with Crippen LogP contribution in [-0.4, -0.2) is 90.4 Å². The number of rotatable bonds is 8. The lowest BCUT2D eigenvalue weighted by Crippen LogP contribution is -2.51. The summed E-state index contributed by atoms with van der Waals surface area (Å²) in [5.74, 6) is 1.27. The number of piperazine rings is 1. The van der Waals surface area contributed by atoms with Gasteiger partial charge in [-0.05, 0) is 19.4 Å². The van der Waals surface area contributed by atoms with Crippen LogP contribution in [0, 0.1) is 5.92 Å². The van der Waals surface area contributed by atoms with Crippen LogP contribution < -0.4 is 5.32 Å². The quantitative estimate of drug-likeness (QED) is 0.660. The minimum absolute atomic E-state index is 0.0215. The molecule has 2 rings (SSSR count). The second-order valence-corrected chi connectivity index (χ2v) is 9.23. The fourth-order valence-electron chi connectivity index (χ4n) is 3.86. The van der Waals surface area contributed by atoms with Crippen LogP contribution in [0.3, 0.4) is 0 Å². The maximum atomic E-state index is 12.7. The van der Waals surface area contributed by atoms with E-state index in [1.54, 1.807) is 11.8 Å². The highest BCUT2D eigenvalue weighted by Gasteiger charge is 2.22. The monoisotopic (exact) mass is 412 g/mol. The Hall–Kier alpha value is -1.28. The van der Waals surface area contributed by atoms with Gasteiger partial charge in [-0.1, -0.05) is 43.9 Å². The summed E-state index contributed by atoms with van der Waals surface area (Å²) >= 11 is 1.25. The molecule has 2 aliphatic rings. The van der Waals surface area contributed by atoms with Crippen molar-refractivity contribution in [1.29, 1.82) is 0 Å². The second kappa shape index (κ2) is 12.3. The lowest BCUT2D eigenvalue weighted by molar-refractivity contribution is -0.131. The molecule has 0 unspecified atom stereocenters. The number of carbonyl (C=O) groups is 3. The topological polar surface area (TPSA) is 73.0 Å². The summed E-state index contributed by atoms with van der Waals surface area (Å²) in [7, 11) is 2.05. The molecule has 160 valence electrons. The van der Waals surface area contributed by atoms with Gasteiger partial charge >= 0.3 is 6.03 Å². The van der Waals surface area contributed by atoms with Crippen molar-refractivity contribution >= 4 is 28.8 Å². The maximum absolute atomic E-state index is 12.7. The molecule has 0 aromatic heterocycles. The zero-order valence-corrected chi connectivity index (χ0v) is 18.3. The molecule has 0 atom stereocenters. The van der Waals surface area contributed by atoms with Gasteiger partial charge in [-0.3, -0.25) is 9.59 Å². The van der Waals surface area contributed by atoms with Crippen molar-refractivity contribution in [2.75, 3.05) is 58.6 Å². The van der Waals surface area contributed by atoms with E-state index >= 15 is 0 Å². The fraction of sp³-hybridized carbons (Fsp3) is 0.850. The van der Waals surface area contributed by atoms with Crippen molar-refractivity contribution in [3.8, 4) is 0 Å². The summed E-state index contributed by atoms with van der Waals surface area (Å²) in [4.78, 5) is 42.0. The SMILES string of the molecule is CC(=O)SCCN(CCC1CCCCC1)C(=O)NCC(=O)N1CCN(C)CC1. The third-order valence-electron chi connectivity index (χ3n) is 5.73. The molecule has 8 heteroatoms. The van der Waals surface area contributed by atoms with Crippen molar-refractivity contribution in [3.05, 3.63) is 0 Å². The number of likely N-dealkylation sites (N-methyl/N-ethyl adjacent to an activating group) is 1. The van der Waals surface area contributed by atoms with Crippen molar-refractivity contribution in [3.63, 3.8) is 0 Å². The number of amides is 3. The summed E-state index contributed by atoms with van der Waals surface area (Å²) in [5, 5.41) is 2.87. The van der Waals surface area contributed by atoms with E-state index in [4.69, 9.17) is 0 Å².